The third-order valence-corrected chi connectivity index (χ3v) is 2.91. The van der Waals surface area contributed by atoms with Crippen molar-refractivity contribution < 1.29 is 28.0 Å². The normalized spacial score (nSPS) is 11.1. The minimum absolute atomic E-state index is 0.0104. The molecular formula is C14H9F3N2O4. The number of alkyl halides is 3. The average Bonchev–Trinajstić information content (AvgIpc) is 2.46. The van der Waals surface area contributed by atoms with Gasteiger partial charge < -0.3 is 10.4 Å². The first-order valence-electron chi connectivity index (χ1n) is 6.14. The van der Waals surface area contributed by atoms with Crippen molar-refractivity contribution in [1.29, 1.82) is 0 Å². The number of anilines is 2. The molecule has 0 amide bonds. The molecule has 0 saturated carbocycles. The van der Waals surface area contributed by atoms with Crippen LogP contribution in [0.3, 0.4) is 0 Å². The van der Waals surface area contributed by atoms with Crippen LogP contribution in [0.2, 0.25) is 0 Å². The minimum atomic E-state index is -4.54. The number of benzene rings is 2. The summed E-state index contributed by atoms with van der Waals surface area (Å²) in [5.74, 6) is -1.44. The number of carbonyl (C=O) groups is 1. The van der Waals surface area contributed by atoms with Gasteiger partial charge in [0.2, 0.25) is 0 Å². The summed E-state index contributed by atoms with van der Waals surface area (Å²) in [6.07, 6.45) is -4.54. The van der Waals surface area contributed by atoms with Gasteiger partial charge >= 0.3 is 12.1 Å². The van der Waals surface area contributed by atoms with Crippen LogP contribution in [-0.2, 0) is 6.18 Å². The smallest absolute Gasteiger partial charge is 0.416 e. The van der Waals surface area contributed by atoms with Gasteiger partial charge in [-0.05, 0) is 24.3 Å². The molecule has 2 aromatic rings. The molecule has 23 heavy (non-hydrogen) atoms. The van der Waals surface area contributed by atoms with E-state index < -0.39 is 33.9 Å². The molecule has 0 fully saturated rings. The number of aromatic carboxylic acids is 1. The fraction of sp³-hybridized carbons (Fsp3) is 0.0714. The molecule has 0 atom stereocenters. The second-order valence-corrected chi connectivity index (χ2v) is 4.50. The molecule has 2 rings (SSSR count). The molecule has 2 aromatic carbocycles. The van der Waals surface area contributed by atoms with Gasteiger partial charge in [-0.15, -0.1) is 0 Å². The minimum Gasteiger partial charge on any atom is -0.478 e. The van der Waals surface area contributed by atoms with E-state index in [4.69, 9.17) is 5.11 Å². The summed E-state index contributed by atoms with van der Waals surface area (Å²) < 4.78 is 38.0. The van der Waals surface area contributed by atoms with E-state index in [0.717, 1.165) is 36.4 Å². The van der Waals surface area contributed by atoms with Crippen LogP contribution in [0.5, 0.6) is 0 Å². The first kappa shape index (κ1) is 16.3. The number of halogens is 3. The van der Waals surface area contributed by atoms with Gasteiger partial charge in [-0.25, -0.2) is 4.79 Å². The highest BCUT2D eigenvalue weighted by Gasteiger charge is 2.30. The van der Waals surface area contributed by atoms with Crippen LogP contribution in [0.4, 0.5) is 30.2 Å². The lowest BCUT2D eigenvalue weighted by Gasteiger charge is -2.12. The number of carboxylic acid groups (broad SMARTS) is 1. The highest BCUT2D eigenvalue weighted by molar-refractivity contribution is 5.96. The zero-order valence-electron chi connectivity index (χ0n) is 11.3. The molecule has 2 N–H and O–H groups in total. The van der Waals surface area contributed by atoms with Crippen molar-refractivity contribution in [1.82, 2.24) is 0 Å². The summed E-state index contributed by atoms with van der Waals surface area (Å²) in [7, 11) is 0. The maximum Gasteiger partial charge on any atom is 0.416 e. The quantitative estimate of drug-likeness (QED) is 0.653. The van der Waals surface area contributed by atoms with Crippen LogP contribution in [0.15, 0.2) is 42.5 Å². The van der Waals surface area contributed by atoms with Crippen molar-refractivity contribution in [3.8, 4) is 0 Å². The highest BCUT2D eigenvalue weighted by atomic mass is 19.4. The van der Waals surface area contributed by atoms with Crippen molar-refractivity contribution in [2.75, 3.05) is 5.32 Å². The van der Waals surface area contributed by atoms with Gasteiger partial charge in [0.05, 0.1) is 21.7 Å². The molecule has 0 aromatic heterocycles. The van der Waals surface area contributed by atoms with Crippen molar-refractivity contribution in [2.24, 2.45) is 0 Å². The number of non-ortho nitro benzene ring substituents is 1. The zero-order chi connectivity index (χ0) is 17.2. The number of hydrogen-bond acceptors (Lipinski definition) is 4. The Morgan fingerprint density at radius 2 is 1.87 bits per heavy atom. The summed E-state index contributed by atoms with van der Waals surface area (Å²) in [6.45, 7) is 0. The van der Waals surface area contributed by atoms with E-state index in [-0.39, 0.29) is 11.4 Å². The Hall–Kier alpha value is -3.10. The number of carboxylic acids is 1. The van der Waals surface area contributed by atoms with E-state index in [9.17, 15) is 28.1 Å². The van der Waals surface area contributed by atoms with Gasteiger partial charge in [0.1, 0.15) is 0 Å². The number of hydrogen-bond donors (Lipinski definition) is 2. The lowest BCUT2D eigenvalue weighted by Crippen LogP contribution is -2.07. The Balaban J connectivity index is 2.40. The summed E-state index contributed by atoms with van der Waals surface area (Å²) >= 11 is 0. The topological polar surface area (TPSA) is 92.5 Å². The van der Waals surface area contributed by atoms with Crippen LogP contribution in [0, 0.1) is 10.1 Å². The third kappa shape index (κ3) is 3.76. The molecule has 0 heterocycles. The number of rotatable bonds is 4. The van der Waals surface area contributed by atoms with E-state index in [1.54, 1.807) is 0 Å². The summed E-state index contributed by atoms with van der Waals surface area (Å²) in [5, 5.41) is 22.3. The molecule has 0 aliphatic heterocycles. The largest absolute Gasteiger partial charge is 0.478 e. The molecule has 0 unspecified atom stereocenters. The molecule has 120 valence electrons. The van der Waals surface area contributed by atoms with Gasteiger partial charge in [-0.3, -0.25) is 10.1 Å². The number of nitro benzene ring substituents is 1. The number of nitro groups is 1. The SMILES string of the molecule is O=C(O)c1cc([N+](=O)[O-])ccc1Nc1cccc(C(F)(F)F)c1. The summed E-state index contributed by atoms with van der Waals surface area (Å²) in [4.78, 5) is 21.1. The predicted molar refractivity (Wildman–Crippen MR) is 74.8 cm³/mol. The van der Waals surface area contributed by atoms with Crippen LogP contribution < -0.4 is 5.32 Å². The molecule has 0 aliphatic carbocycles. The number of nitrogens with zero attached hydrogens (tertiary/aromatic N) is 1. The van der Waals surface area contributed by atoms with Crippen molar-refractivity contribution in [3.05, 3.63) is 63.7 Å². The van der Waals surface area contributed by atoms with Crippen molar-refractivity contribution in [3.63, 3.8) is 0 Å². The van der Waals surface area contributed by atoms with Crippen LogP contribution >= 0.6 is 0 Å². The second kappa shape index (κ2) is 5.95. The lowest BCUT2D eigenvalue weighted by molar-refractivity contribution is -0.384. The maximum atomic E-state index is 12.7. The molecule has 0 spiro atoms. The van der Waals surface area contributed by atoms with E-state index >= 15 is 0 Å². The van der Waals surface area contributed by atoms with Gasteiger partial charge in [0, 0.05) is 17.8 Å². The zero-order valence-corrected chi connectivity index (χ0v) is 11.3. The fourth-order valence-corrected chi connectivity index (χ4v) is 1.86. The first-order valence-corrected chi connectivity index (χ1v) is 6.14. The monoisotopic (exact) mass is 326 g/mol. The summed E-state index contributed by atoms with van der Waals surface area (Å²) in [6, 6.07) is 7.19. The molecule has 0 radical (unpaired) electrons. The van der Waals surface area contributed by atoms with Gasteiger partial charge in [0.25, 0.3) is 5.69 Å². The molecule has 9 heteroatoms. The lowest BCUT2D eigenvalue weighted by atomic mass is 10.1. The second-order valence-electron chi connectivity index (χ2n) is 4.50. The average molecular weight is 326 g/mol. The highest BCUT2D eigenvalue weighted by Crippen LogP contribution is 2.32. The Morgan fingerprint density at radius 3 is 2.43 bits per heavy atom. The van der Waals surface area contributed by atoms with E-state index in [2.05, 4.69) is 5.32 Å². The van der Waals surface area contributed by atoms with Gasteiger partial charge in [-0.1, -0.05) is 6.07 Å². The standard InChI is InChI=1S/C14H9F3N2O4/c15-14(16,17)8-2-1-3-9(6-8)18-12-5-4-10(19(22)23)7-11(12)13(20)21/h1-7,18H,(H,20,21). The molecule has 0 aliphatic rings. The first-order chi connectivity index (χ1) is 10.7. The van der Waals surface area contributed by atoms with Crippen molar-refractivity contribution >= 4 is 23.0 Å². The number of nitrogens with one attached hydrogen (secondary N) is 1. The molecular weight excluding hydrogens is 317 g/mol. The predicted octanol–water partition coefficient (Wildman–Crippen LogP) is 4.06. The Morgan fingerprint density at radius 1 is 1.17 bits per heavy atom. The van der Waals surface area contributed by atoms with E-state index in [1.807, 2.05) is 0 Å². The van der Waals surface area contributed by atoms with E-state index in [1.165, 1.54) is 6.07 Å². The fourth-order valence-electron chi connectivity index (χ4n) is 1.86. The van der Waals surface area contributed by atoms with Crippen LogP contribution in [0.25, 0.3) is 0 Å². The van der Waals surface area contributed by atoms with Gasteiger partial charge in [0.15, 0.2) is 0 Å². The maximum absolute atomic E-state index is 12.7. The Labute approximate surface area is 127 Å². The summed E-state index contributed by atoms with van der Waals surface area (Å²) in [5.41, 5.74) is -1.80. The van der Waals surface area contributed by atoms with E-state index in [0.29, 0.717) is 0 Å². The van der Waals surface area contributed by atoms with Gasteiger partial charge in [-0.2, -0.15) is 13.2 Å². The Kier molecular flexibility index (Phi) is 4.21. The van der Waals surface area contributed by atoms with Crippen LogP contribution in [-0.4, -0.2) is 16.0 Å². The molecule has 0 saturated heterocycles. The molecule has 6 nitrogen and oxygen atoms in total. The molecule has 0 bridgehead atoms. The van der Waals surface area contributed by atoms with Crippen LogP contribution in [0.1, 0.15) is 15.9 Å². The van der Waals surface area contributed by atoms with Crippen molar-refractivity contribution in [2.45, 2.75) is 6.18 Å². The Bertz CT molecular complexity index is 775. The third-order valence-electron chi connectivity index (χ3n) is 2.91.